The fourth-order valence-corrected chi connectivity index (χ4v) is 1.80. The first-order valence-corrected chi connectivity index (χ1v) is 5.51. The smallest absolute Gasteiger partial charge is 0.315 e. The van der Waals surface area contributed by atoms with Crippen molar-refractivity contribution in [1.82, 2.24) is 10.6 Å². The summed E-state index contributed by atoms with van der Waals surface area (Å²) in [5.41, 5.74) is 0.890. The monoisotopic (exact) mass is 250 g/mol. The summed E-state index contributed by atoms with van der Waals surface area (Å²) >= 11 is 0. The van der Waals surface area contributed by atoms with E-state index in [0.717, 1.165) is 5.56 Å². The van der Waals surface area contributed by atoms with Crippen LogP contribution in [-0.4, -0.2) is 25.7 Å². The first kappa shape index (κ1) is 12.2. The van der Waals surface area contributed by atoms with Crippen LogP contribution in [0.1, 0.15) is 18.5 Å². The number of ether oxygens (including phenoxy) is 2. The van der Waals surface area contributed by atoms with Crippen LogP contribution in [0.3, 0.4) is 0 Å². The molecule has 1 heterocycles. The van der Waals surface area contributed by atoms with Gasteiger partial charge < -0.3 is 20.1 Å². The molecule has 0 bridgehead atoms. The predicted octanol–water partition coefficient (Wildman–Crippen LogP) is 0.974. The number of methoxy groups -OCH3 is 1. The second kappa shape index (κ2) is 4.95. The maximum Gasteiger partial charge on any atom is 0.315 e. The number of benzene rings is 1. The minimum atomic E-state index is -0.406. The topological polar surface area (TPSA) is 76.7 Å². The van der Waals surface area contributed by atoms with Crippen molar-refractivity contribution in [3.63, 3.8) is 0 Å². The molecule has 1 fully saturated rings. The van der Waals surface area contributed by atoms with Crippen LogP contribution in [0.4, 0.5) is 4.79 Å². The Morgan fingerprint density at radius 3 is 2.72 bits per heavy atom. The summed E-state index contributed by atoms with van der Waals surface area (Å²) in [5.74, 6) is 0.423. The lowest BCUT2D eigenvalue weighted by Gasteiger charge is -2.13. The van der Waals surface area contributed by atoms with Crippen molar-refractivity contribution >= 4 is 12.0 Å². The molecule has 1 atom stereocenters. The molecule has 96 valence electrons. The van der Waals surface area contributed by atoms with Gasteiger partial charge in [0.2, 0.25) is 0 Å². The largest absolute Gasteiger partial charge is 0.493 e. The minimum Gasteiger partial charge on any atom is -0.493 e. The van der Waals surface area contributed by atoms with E-state index >= 15 is 0 Å². The van der Waals surface area contributed by atoms with Gasteiger partial charge in [-0.2, -0.15) is 0 Å². The van der Waals surface area contributed by atoms with Gasteiger partial charge in [0.1, 0.15) is 0 Å². The number of rotatable bonds is 3. The molecule has 0 saturated carbocycles. The second-order valence-electron chi connectivity index (χ2n) is 3.91. The van der Waals surface area contributed by atoms with Crippen molar-refractivity contribution in [3.05, 3.63) is 23.8 Å². The van der Waals surface area contributed by atoms with Crippen molar-refractivity contribution in [2.45, 2.75) is 13.0 Å². The van der Waals surface area contributed by atoms with Crippen LogP contribution < -0.4 is 20.1 Å². The van der Waals surface area contributed by atoms with Gasteiger partial charge in [-0.1, -0.05) is 6.07 Å². The van der Waals surface area contributed by atoms with Crippen LogP contribution >= 0.6 is 0 Å². The molecule has 1 aliphatic rings. The number of carbonyl (C=O) groups is 2. The molecule has 1 aromatic carbocycles. The number of hydrogen-bond donors (Lipinski definition) is 2. The van der Waals surface area contributed by atoms with E-state index < -0.39 is 5.97 Å². The maximum absolute atomic E-state index is 11.1. The molecule has 1 aromatic rings. The number of nitrogens with one attached hydrogen (secondary N) is 2. The Morgan fingerprint density at radius 2 is 2.17 bits per heavy atom. The summed E-state index contributed by atoms with van der Waals surface area (Å²) < 4.78 is 10.2. The van der Waals surface area contributed by atoms with E-state index in [-0.39, 0.29) is 12.1 Å². The van der Waals surface area contributed by atoms with Gasteiger partial charge >= 0.3 is 12.0 Å². The molecular formula is C12H14N2O4. The van der Waals surface area contributed by atoms with Gasteiger partial charge in [0, 0.05) is 13.5 Å². The van der Waals surface area contributed by atoms with E-state index in [4.69, 9.17) is 9.47 Å². The Morgan fingerprint density at radius 1 is 1.39 bits per heavy atom. The molecule has 2 rings (SSSR count). The number of carbonyl (C=O) groups excluding carboxylic acids is 2. The van der Waals surface area contributed by atoms with E-state index in [9.17, 15) is 9.59 Å². The number of amides is 2. The average molecular weight is 250 g/mol. The fourth-order valence-electron chi connectivity index (χ4n) is 1.80. The Labute approximate surface area is 104 Å². The highest BCUT2D eigenvalue weighted by Crippen LogP contribution is 2.30. The molecule has 0 aliphatic carbocycles. The Balaban J connectivity index is 2.24. The summed E-state index contributed by atoms with van der Waals surface area (Å²) in [6, 6.07) is 4.90. The van der Waals surface area contributed by atoms with Gasteiger partial charge in [-0.3, -0.25) is 4.79 Å². The second-order valence-corrected chi connectivity index (χ2v) is 3.91. The summed E-state index contributed by atoms with van der Waals surface area (Å²) in [5, 5.41) is 5.44. The first-order valence-electron chi connectivity index (χ1n) is 5.51. The quantitative estimate of drug-likeness (QED) is 0.619. The van der Waals surface area contributed by atoms with Crippen molar-refractivity contribution in [1.29, 1.82) is 0 Å². The third-order valence-electron chi connectivity index (χ3n) is 2.62. The number of urea groups is 1. The van der Waals surface area contributed by atoms with E-state index in [2.05, 4.69) is 10.6 Å². The predicted molar refractivity (Wildman–Crippen MR) is 63.6 cm³/mol. The van der Waals surface area contributed by atoms with Gasteiger partial charge in [-0.05, 0) is 17.7 Å². The van der Waals surface area contributed by atoms with Gasteiger partial charge in [-0.15, -0.1) is 0 Å². The highest BCUT2D eigenvalue weighted by Gasteiger charge is 2.22. The number of hydrogen-bond acceptors (Lipinski definition) is 4. The van der Waals surface area contributed by atoms with Crippen molar-refractivity contribution in [2.24, 2.45) is 0 Å². The molecular weight excluding hydrogens is 236 g/mol. The Kier molecular flexibility index (Phi) is 3.36. The van der Waals surface area contributed by atoms with Crippen molar-refractivity contribution in [3.8, 4) is 11.5 Å². The highest BCUT2D eigenvalue weighted by atomic mass is 16.6. The average Bonchev–Trinajstić information content (AvgIpc) is 2.75. The van der Waals surface area contributed by atoms with Crippen LogP contribution in [-0.2, 0) is 4.79 Å². The molecule has 2 amide bonds. The standard InChI is InChI=1S/C12H14N2O4/c1-7(15)18-10-4-3-8(5-11(10)17-2)9-6-13-12(16)14-9/h3-5,9H,6H2,1-2H3,(H2,13,14,16)/t9-/m1/s1. The zero-order valence-corrected chi connectivity index (χ0v) is 10.1. The lowest BCUT2D eigenvalue weighted by Crippen LogP contribution is -2.21. The lowest BCUT2D eigenvalue weighted by atomic mass is 10.1. The molecule has 1 saturated heterocycles. The van der Waals surface area contributed by atoms with E-state index in [1.54, 1.807) is 18.2 Å². The number of esters is 1. The summed E-state index contributed by atoms with van der Waals surface area (Å²) in [6.45, 7) is 1.85. The van der Waals surface area contributed by atoms with Crippen LogP contribution in [0.5, 0.6) is 11.5 Å². The summed E-state index contributed by atoms with van der Waals surface area (Å²) in [4.78, 5) is 22.0. The lowest BCUT2D eigenvalue weighted by molar-refractivity contribution is -0.132. The molecule has 6 nitrogen and oxygen atoms in total. The highest BCUT2D eigenvalue weighted by molar-refractivity contribution is 5.77. The Hall–Kier alpha value is -2.24. The van der Waals surface area contributed by atoms with E-state index in [1.165, 1.54) is 14.0 Å². The van der Waals surface area contributed by atoms with Crippen molar-refractivity contribution < 1.29 is 19.1 Å². The minimum absolute atomic E-state index is 0.0993. The molecule has 0 aromatic heterocycles. The fraction of sp³-hybridized carbons (Fsp3) is 0.333. The molecule has 0 spiro atoms. The van der Waals surface area contributed by atoms with Gasteiger partial charge in [0.15, 0.2) is 11.5 Å². The van der Waals surface area contributed by atoms with Crippen LogP contribution in [0.25, 0.3) is 0 Å². The van der Waals surface area contributed by atoms with E-state index in [1.807, 2.05) is 0 Å². The normalized spacial score (nSPS) is 17.9. The van der Waals surface area contributed by atoms with Gasteiger partial charge in [0.05, 0.1) is 13.2 Å². The maximum atomic E-state index is 11.1. The zero-order valence-electron chi connectivity index (χ0n) is 10.1. The van der Waals surface area contributed by atoms with Crippen LogP contribution in [0.15, 0.2) is 18.2 Å². The summed E-state index contributed by atoms with van der Waals surface area (Å²) in [7, 11) is 1.50. The first-order chi connectivity index (χ1) is 8.60. The van der Waals surface area contributed by atoms with Crippen LogP contribution in [0.2, 0.25) is 0 Å². The molecule has 1 aliphatic heterocycles. The molecule has 6 heteroatoms. The van der Waals surface area contributed by atoms with Gasteiger partial charge in [0.25, 0.3) is 0 Å². The molecule has 0 radical (unpaired) electrons. The Bertz CT molecular complexity index is 487. The third-order valence-corrected chi connectivity index (χ3v) is 2.62. The SMILES string of the molecule is COc1cc([C@H]2CNC(=O)N2)ccc1OC(C)=O. The summed E-state index contributed by atoms with van der Waals surface area (Å²) in [6.07, 6.45) is 0. The van der Waals surface area contributed by atoms with Crippen LogP contribution in [0, 0.1) is 0 Å². The van der Waals surface area contributed by atoms with Gasteiger partial charge in [-0.25, -0.2) is 4.79 Å². The molecule has 0 unspecified atom stereocenters. The third kappa shape index (κ3) is 2.53. The molecule has 18 heavy (non-hydrogen) atoms. The molecule has 2 N–H and O–H groups in total. The zero-order chi connectivity index (χ0) is 13.1. The van der Waals surface area contributed by atoms with E-state index in [0.29, 0.717) is 18.0 Å². The van der Waals surface area contributed by atoms with Crippen molar-refractivity contribution in [2.75, 3.05) is 13.7 Å².